The Morgan fingerprint density at radius 3 is 1.30 bits per heavy atom. The largest absolute Gasteiger partial charge is 0.465 e. The third kappa shape index (κ3) is 16.0. The van der Waals surface area contributed by atoms with Crippen LogP contribution >= 0.6 is 0 Å². The summed E-state index contributed by atoms with van der Waals surface area (Å²) in [5.74, 6) is -1.27. The smallest absolute Gasteiger partial charge is 0.305 e. The van der Waals surface area contributed by atoms with Crippen LogP contribution in [0.25, 0.3) is 0 Å². The van der Waals surface area contributed by atoms with Crippen molar-refractivity contribution < 1.29 is 48.7 Å². The van der Waals surface area contributed by atoms with Crippen LogP contribution in [0.2, 0.25) is 0 Å². The first kappa shape index (κ1) is 35.2. The summed E-state index contributed by atoms with van der Waals surface area (Å²) < 4.78 is 21.7. The molecule has 1 unspecified atom stereocenters. The quantitative estimate of drug-likeness (QED) is 0.0958. The fourth-order valence-electron chi connectivity index (χ4n) is 3.28. The van der Waals surface area contributed by atoms with Gasteiger partial charge in [0, 0.05) is 19.3 Å². The fraction of sp³-hybridized carbons (Fsp3) is 0.889. The first-order chi connectivity index (χ1) is 17.8. The Kier molecular flexibility index (Phi) is 20.2. The van der Waals surface area contributed by atoms with E-state index in [9.17, 15) is 29.7 Å². The zero-order chi connectivity index (χ0) is 28.0. The molecule has 0 aliphatic rings. The number of ether oxygens (including phenoxy) is 4. The van der Waals surface area contributed by atoms with Crippen LogP contribution in [0.5, 0.6) is 0 Å². The first-order valence-corrected chi connectivity index (χ1v) is 13.6. The van der Waals surface area contributed by atoms with Crippen molar-refractivity contribution in [2.45, 2.75) is 91.4 Å². The van der Waals surface area contributed by atoms with E-state index in [1.165, 1.54) is 0 Å². The number of hydrogen-bond acceptors (Lipinski definition) is 10. The van der Waals surface area contributed by atoms with Gasteiger partial charge in [-0.3, -0.25) is 14.4 Å². The van der Waals surface area contributed by atoms with Crippen molar-refractivity contribution in [1.82, 2.24) is 0 Å². The number of carbonyl (C=O) groups is 3. The molecule has 1 atom stereocenters. The molecule has 0 aliphatic carbocycles. The zero-order valence-electron chi connectivity index (χ0n) is 23.1. The minimum absolute atomic E-state index is 0.181. The van der Waals surface area contributed by atoms with Gasteiger partial charge >= 0.3 is 17.9 Å². The van der Waals surface area contributed by atoms with E-state index in [-0.39, 0.29) is 52.3 Å². The molecule has 0 aromatic rings. The van der Waals surface area contributed by atoms with Crippen molar-refractivity contribution in [3.63, 3.8) is 0 Å². The van der Waals surface area contributed by atoms with Crippen molar-refractivity contribution in [2.75, 3.05) is 52.9 Å². The number of aliphatic hydroxyl groups is 3. The van der Waals surface area contributed by atoms with Gasteiger partial charge in [-0.2, -0.15) is 0 Å². The summed E-state index contributed by atoms with van der Waals surface area (Å²) in [5, 5.41) is 30.0. The molecule has 3 N–H and O–H groups in total. The minimum atomic E-state index is -1.25. The normalized spacial score (nSPS) is 13.1. The van der Waals surface area contributed by atoms with Crippen LogP contribution in [0.4, 0.5) is 0 Å². The minimum Gasteiger partial charge on any atom is -0.465 e. The van der Waals surface area contributed by atoms with E-state index in [0.29, 0.717) is 19.3 Å². The van der Waals surface area contributed by atoms with Crippen LogP contribution in [-0.2, 0) is 33.3 Å². The number of carbonyl (C=O) groups excluding carboxylic acids is 3. The highest BCUT2D eigenvalue weighted by atomic mass is 16.6. The molecule has 0 spiro atoms. The second-order valence-electron chi connectivity index (χ2n) is 9.97. The highest BCUT2D eigenvalue weighted by molar-refractivity contribution is 5.70. The Morgan fingerprint density at radius 2 is 0.892 bits per heavy atom. The van der Waals surface area contributed by atoms with Crippen molar-refractivity contribution in [3.05, 3.63) is 0 Å². The van der Waals surface area contributed by atoms with E-state index in [1.807, 2.05) is 13.8 Å². The van der Waals surface area contributed by atoms with Gasteiger partial charge in [0.25, 0.3) is 0 Å². The Balaban J connectivity index is 5.19. The maximum atomic E-state index is 12.2. The number of aliphatic hydroxyl groups excluding tert-OH is 3. The summed E-state index contributed by atoms with van der Waals surface area (Å²) in [4.78, 5) is 36.2. The lowest BCUT2D eigenvalue weighted by atomic mass is 9.90. The van der Waals surface area contributed by atoms with Gasteiger partial charge in [0.2, 0.25) is 0 Å². The van der Waals surface area contributed by atoms with E-state index in [4.69, 9.17) is 18.9 Å². The monoisotopic (exact) mass is 534 g/mol. The lowest BCUT2D eigenvalue weighted by molar-refractivity contribution is -0.165. The van der Waals surface area contributed by atoms with Crippen LogP contribution in [-0.4, -0.2) is 86.1 Å². The van der Waals surface area contributed by atoms with E-state index >= 15 is 0 Å². The molecule has 0 rings (SSSR count). The molecule has 0 saturated heterocycles. The summed E-state index contributed by atoms with van der Waals surface area (Å²) in [7, 11) is 0. The van der Waals surface area contributed by atoms with E-state index < -0.39 is 48.6 Å². The number of esters is 3. The van der Waals surface area contributed by atoms with Gasteiger partial charge in [0.1, 0.15) is 19.8 Å². The second-order valence-corrected chi connectivity index (χ2v) is 9.97. The highest BCUT2D eigenvalue weighted by Gasteiger charge is 2.37. The van der Waals surface area contributed by atoms with Gasteiger partial charge in [0.15, 0.2) is 0 Å². The van der Waals surface area contributed by atoms with Crippen LogP contribution in [0.1, 0.15) is 91.4 Å². The SMILES string of the molecule is CCCCCCC(=O)OCC(CO)(COCC(CO)(CO)COC(=O)CCCC)COC(=O)CCCC. The second kappa shape index (κ2) is 21.2. The average Bonchev–Trinajstić information content (AvgIpc) is 2.92. The Morgan fingerprint density at radius 1 is 0.514 bits per heavy atom. The lowest BCUT2D eigenvalue weighted by Gasteiger charge is -2.34. The summed E-state index contributed by atoms with van der Waals surface area (Å²) in [6.07, 6.45) is 7.42. The molecule has 37 heavy (non-hydrogen) atoms. The van der Waals surface area contributed by atoms with Gasteiger partial charge < -0.3 is 34.3 Å². The molecule has 10 heteroatoms. The highest BCUT2D eigenvalue weighted by Crippen LogP contribution is 2.24. The van der Waals surface area contributed by atoms with Gasteiger partial charge in [-0.05, 0) is 19.3 Å². The summed E-state index contributed by atoms with van der Waals surface area (Å²) in [6.45, 7) is 3.40. The predicted octanol–water partition coefficient (Wildman–Crippen LogP) is 2.93. The molecule has 0 amide bonds. The number of hydrogen-bond donors (Lipinski definition) is 3. The molecule has 0 aromatic carbocycles. The van der Waals surface area contributed by atoms with Gasteiger partial charge in [-0.15, -0.1) is 0 Å². The van der Waals surface area contributed by atoms with Crippen LogP contribution in [0, 0.1) is 10.8 Å². The molecule has 0 saturated carbocycles. The summed E-state index contributed by atoms with van der Waals surface area (Å²) >= 11 is 0. The van der Waals surface area contributed by atoms with E-state index in [1.54, 1.807) is 0 Å². The number of rotatable bonds is 24. The maximum Gasteiger partial charge on any atom is 0.305 e. The van der Waals surface area contributed by atoms with Crippen molar-refractivity contribution >= 4 is 17.9 Å². The predicted molar refractivity (Wildman–Crippen MR) is 138 cm³/mol. The molecule has 0 heterocycles. The van der Waals surface area contributed by atoms with Crippen molar-refractivity contribution in [3.8, 4) is 0 Å². The molecular weight excluding hydrogens is 484 g/mol. The molecule has 218 valence electrons. The van der Waals surface area contributed by atoms with Crippen LogP contribution in [0.15, 0.2) is 0 Å². The lowest BCUT2D eigenvalue weighted by Crippen LogP contribution is -2.45. The summed E-state index contributed by atoms with van der Waals surface area (Å²) in [5.41, 5.74) is -2.48. The zero-order valence-corrected chi connectivity index (χ0v) is 23.1. The van der Waals surface area contributed by atoms with Crippen molar-refractivity contribution in [2.24, 2.45) is 10.8 Å². The van der Waals surface area contributed by atoms with Crippen LogP contribution < -0.4 is 0 Å². The van der Waals surface area contributed by atoms with Gasteiger partial charge in [-0.1, -0.05) is 52.9 Å². The Bertz CT molecular complexity index is 620. The van der Waals surface area contributed by atoms with Crippen LogP contribution in [0.3, 0.4) is 0 Å². The van der Waals surface area contributed by atoms with E-state index in [0.717, 1.165) is 32.1 Å². The van der Waals surface area contributed by atoms with Crippen molar-refractivity contribution in [1.29, 1.82) is 0 Å². The maximum absolute atomic E-state index is 12.2. The standard InChI is InChI=1S/C27H50O10/c1-4-7-10-11-14-25(33)37-22-27(17-30,21-36-24(32)13-9-6-3)19-34-18-26(15-28,16-29)20-35-23(31)12-8-5-2/h28-30H,4-22H2,1-3H3. The third-order valence-electron chi connectivity index (χ3n) is 6.14. The molecule has 10 nitrogen and oxygen atoms in total. The first-order valence-electron chi connectivity index (χ1n) is 13.6. The Labute approximate surface area is 222 Å². The van der Waals surface area contributed by atoms with Gasteiger partial charge in [0.05, 0.1) is 43.9 Å². The van der Waals surface area contributed by atoms with E-state index in [2.05, 4.69) is 6.92 Å². The topological polar surface area (TPSA) is 149 Å². The molecule has 0 radical (unpaired) electrons. The molecule has 0 fully saturated rings. The summed E-state index contributed by atoms with van der Waals surface area (Å²) in [6, 6.07) is 0. The average molecular weight is 535 g/mol. The fourth-order valence-corrected chi connectivity index (χ4v) is 3.28. The Hall–Kier alpha value is -1.75. The molecule has 0 aliphatic heterocycles. The van der Waals surface area contributed by atoms with Gasteiger partial charge in [-0.25, -0.2) is 0 Å². The molecule has 0 bridgehead atoms. The molecular formula is C27H50O10. The molecule has 0 aromatic heterocycles. The third-order valence-corrected chi connectivity index (χ3v) is 6.14. The number of unbranched alkanes of at least 4 members (excludes halogenated alkanes) is 5.